The van der Waals surface area contributed by atoms with Gasteiger partial charge in [0.1, 0.15) is 24.2 Å². The fourth-order valence-electron chi connectivity index (χ4n) is 3.02. The first-order chi connectivity index (χ1) is 15.9. The minimum Gasteiger partial charge on any atom is -0.480 e. The van der Waals surface area contributed by atoms with E-state index in [-0.39, 0.29) is 30.8 Å². The Morgan fingerprint density at radius 3 is 1.88 bits per heavy atom. The predicted octanol–water partition coefficient (Wildman–Crippen LogP) is -2.01. The molecule has 3 amide bonds. The van der Waals surface area contributed by atoms with Crippen molar-refractivity contribution in [3.05, 3.63) is 0 Å². The van der Waals surface area contributed by atoms with E-state index in [2.05, 4.69) is 20.9 Å². The topological polar surface area (TPSA) is 235 Å². The normalized spacial score (nSPS) is 16.2. The van der Waals surface area contributed by atoms with Gasteiger partial charge in [0, 0.05) is 6.54 Å². The summed E-state index contributed by atoms with van der Waals surface area (Å²) in [6, 6.07) is -4.46. The van der Waals surface area contributed by atoms with Crippen LogP contribution in [0.25, 0.3) is 0 Å². The highest BCUT2D eigenvalue weighted by molar-refractivity contribution is 5.94. The molecule has 0 saturated carbocycles. The van der Waals surface area contributed by atoms with Crippen molar-refractivity contribution in [1.82, 2.24) is 16.0 Å². The molecule has 0 saturated heterocycles. The van der Waals surface area contributed by atoms with Gasteiger partial charge >= 0.3 is 5.97 Å². The van der Waals surface area contributed by atoms with Crippen molar-refractivity contribution >= 4 is 29.7 Å². The number of hydrogen-bond donors (Lipinski definition) is 8. The number of aliphatic carboxylic acids is 1. The van der Waals surface area contributed by atoms with Crippen molar-refractivity contribution in [3.8, 4) is 0 Å². The van der Waals surface area contributed by atoms with Crippen LogP contribution in [-0.4, -0.2) is 77.2 Å². The summed E-state index contributed by atoms with van der Waals surface area (Å²) in [6.45, 7) is 6.69. The van der Waals surface area contributed by atoms with Crippen LogP contribution in [0.2, 0.25) is 0 Å². The molecule has 196 valence electrons. The maximum atomic E-state index is 13.1. The van der Waals surface area contributed by atoms with Crippen molar-refractivity contribution < 1.29 is 29.4 Å². The van der Waals surface area contributed by atoms with E-state index in [1.165, 1.54) is 0 Å². The number of carboxylic acids is 1. The van der Waals surface area contributed by atoms with Crippen molar-refractivity contribution in [1.29, 1.82) is 0 Å². The summed E-state index contributed by atoms with van der Waals surface area (Å²) in [5, 5.41) is 26.2. The lowest BCUT2D eigenvalue weighted by Crippen LogP contribution is -2.59. The minimum atomic E-state index is -1.23. The third-order valence-corrected chi connectivity index (χ3v) is 5.68. The highest BCUT2D eigenvalue weighted by Crippen LogP contribution is 2.13. The fourth-order valence-corrected chi connectivity index (χ4v) is 3.02. The van der Waals surface area contributed by atoms with Gasteiger partial charge in [-0.15, -0.1) is 0 Å². The maximum absolute atomic E-state index is 13.1. The smallest absolute Gasteiger partial charge is 0.326 e. The number of aliphatic hydroxyl groups is 1. The van der Waals surface area contributed by atoms with E-state index in [1.807, 2.05) is 13.8 Å². The third-order valence-electron chi connectivity index (χ3n) is 5.68. The zero-order valence-electron chi connectivity index (χ0n) is 20.4. The number of hydrogen-bond acceptors (Lipinski definition) is 7. The number of aliphatic hydroxyl groups excluding tert-OH is 1. The summed E-state index contributed by atoms with van der Waals surface area (Å²) in [6.07, 6.45) is 1.52. The summed E-state index contributed by atoms with van der Waals surface area (Å²) in [5.74, 6) is -3.95. The number of guanidine groups is 1. The lowest BCUT2D eigenvalue weighted by atomic mass is 9.95. The molecule has 6 atom stereocenters. The van der Waals surface area contributed by atoms with Crippen LogP contribution in [0, 0.1) is 11.8 Å². The quantitative estimate of drug-likeness (QED) is 0.0681. The van der Waals surface area contributed by atoms with E-state index >= 15 is 0 Å². The Balaban J connectivity index is 5.63. The van der Waals surface area contributed by atoms with Crippen LogP contribution in [0.4, 0.5) is 0 Å². The van der Waals surface area contributed by atoms with Gasteiger partial charge in [0.15, 0.2) is 5.96 Å². The summed E-state index contributed by atoms with van der Waals surface area (Å²) in [4.78, 5) is 53.7. The molecule has 0 bridgehead atoms. The number of carbonyl (C=O) groups is 4. The molecule has 0 rings (SSSR count). The van der Waals surface area contributed by atoms with Gasteiger partial charge in [-0.1, -0.05) is 40.5 Å². The molecule has 0 radical (unpaired) electrons. The molecule has 0 aliphatic rings. The third kappa shape index (κ3) is 10.8. The second-order valence-corrected chi connectivity index (χ2v) is 8.38. The van der Waals surface area contributed by atoms with Crippen LogP contribution < -0.4 is 33.2 Å². The molecule has 0 aliphatic heterocycles. The van der Waals surface area contributed by atoms with Crippen LogP contribution >= 0.6 is 0 Å². The first kappa shape index (κ1) is 31.1. The van der Waals surface area contributed by atoms with E-state index in [4.69, 9.17) is 22.3 Å². The Kier molecular flexibility index (Phi) is 14.5. The van der Waals surface area contributed by atoms with Gasteiger partial charge < -0.3 is 43.4 Å². The van der Waals surface area contributed by atoms with Crippen molar-refractivity contribution in [3.63, 3.8) is 0 Å². The van der Waals surface area contributed by atoms with Crippen LogP contribution in [0.1, 0.15) is 53.4 Å². The van der Waals surface area contributed by atoms with E-state index < -0.39 is 54.5 Å². The molecule has 0 aliphatic carbocycles. The Morgan fingerprint density at radius 2 is 1.41 bits per heavy atom. The molecule has 0 aromatic carbocycles. The summed E-state index contributed by atoms with van der Waals surface area (Å²) >= 11 is 0. The van der Waals surface area contributed by atoms with Crippen LogP contribution in [0.3, 0.4) is 0 Å². The first-order valence-electron chi connectivity index (χ1n) is 11.4. The number of nitrogens with one attached hydrogen (secondary N) is 3. The molecule has 6 unspecified atom stereocenters. The molecule has 11 N–H and O–H groups in total. The fraction of sp³-hybridized carbons (Fsp3) is 0.762. The van der Waals surface area contributed by atoms with E-state index in [0.29, 0.717) is 19.3 Å². The lowest BCUT2D eigenvalue weighted by molar-refractivity contribution is -0.144. The zero-order chi connectivity index (χ0) is 26.4. The van der Waals surface area contributed by atoms with Gasteiger partial charge in [-0.05, 0) is 24.7 Å². The molecule has 13 nitrogen and oxygen atoms in total. The van der Waals surface area contributed by atoms with Gasteiger partial charge in [-0.25, -0.2) is 4.79 Å². The second-order valence-electron chi connectivity index (χ2n) is 8.38. The molecule has 0 heterocycles. The first-order valence-corrected chi connectivity index (χ1v) is 11.4. The molecule has 0 spiro atoms. The van der Waals surface area contributed by atoms with Crippen molar-refractivity contribution in [2.45, 2.75) is 77.5 Å². The molecular formula is C21H41N7O6. The maximum Gasteiger partial charge on any atom is 0.326 e. The van der Waals surface area contributed by atoms with Crippen molar-refractivity contribution in [2.75, 3.05) is 13.2 Å². The van der Waals surface area contributed by atoms with Gasteiger partial charge in [-0.2, -0.15) is 0 Å². The lowest BCUT2D eigenvalue weighted by Gasteiger charge is -2.29. The standard InChI is InChI=1S/C21H41N7O6/c1-5-11(3)15(19(32)28-16(20(33)34)12(4)6-2)27-18(31)14(8-7-9-25-21(23)24)26-17(30)13(22)10-29/h11-16,29H,5-10,22H2,1-4H3,(H,26,30)(H,27,31)(H,28,32)(H,33,34)(H4,23,24,25). The van der Waals surface area contributed by atoms with Gasteiger partial charge in [0.25, 0.3) is 0 Å². The number of carboxylic acid groups (broad SMARTS) is 1. The number of carbonyl (C=O) groups excluding carboxylic acids is 3. The van der Waals surface area contributed by atoms with Crippen molar-refractivity contribution in [2.24, 2.45) is 34.0 Å². The zero-order valence-corrected chi connectivity index (χ0v) is 20.4. The number of nitrogens with two attached hydrogens (primary N) is 3. The Labute approximate surface area is 200 Å². The van der Waals surface area contributed by atoms with Crippen LogP contribution in [0.15, 0.2) is 4.99 Å². The Morgan fingerprint density at radius 1 is 0.882 bits per heavy atom. The number of aliphatic imine (C=N–C) groups is 1. The summed E-state index contributed by atoms with van der Waals surface area (Å²) < 4.78 is 0. The van der Waals surface area contributed by atoms with E-state index in [9.17, 15) is 24.3 Å². The summed E-state index contributed by atoms with van der Waals surface area (Å²) in [5.41, 5.74) is 16.1. The molecule has 0 aromatic heterocycles. The van der Waals surface area contributed by atoms with E-state index in [0.717, 1.165) is 0 Å². The molecular weight excluding hydrogens is 446 g/mol. The minimum absolute atomic E-state index is 0.116. The molecule has 0 aromatic rings. The van der Waals surface area contributed by atoms with Gasteiger partial charge in [0.2, 0.25) is 17.7 Å². The van der Waals surface area contributed by atoms with Gasteiger partial charge in [-0.3, -0.25) is 19.4 Å². The van der Waals surface area contributed by atoms with E-state index in [1.54, 1.807) is 13.8 Å². The number of nitrogens with zero attached hydrogens (tertiary/aromatic N) is 1. The second kappa shape index (κ2) is 15.8. The highest BCUT2D eigenvalue weighted by atomic mass is 16.4. The average molecular weight is 488 g/mol. The molecule has 0 fully saturated rings. The largest absolute Gasteiger partial charge is 0.480 e. The highest BCUT2D eigenvalue weighted by Gasteiger charge is 2.33. The molecule has 13 heteroatoms. The SMILES string of the molecule is CCC(C)C(NC(=O)C(NC(=O)C(CCCN=C(N)N)NC(=O)C(N)CO)C(C)CC)C(=O)O. The van der Waals surface area contributed by atoms with Crippen LogP contribution in [-0.2, 0) is 19.2 Å². The summed E-state index contributed by atoms with van der Waals surface area (Å²) in [7, 11) is 0. The van der Waals surface area contributed by atoms with Crippen LogP contribution in [0.5, 0.6) is 0 Å². The van der Waals surface area contributed by atoms with Gasteiger partial charge in [0.05, 0.1) is 6.61 Å². The average Bonchev–Trinajstić information content (AvgIpc) is 2.80. The molecule has 34 heavy (non-hydrogen) atoms. The number of amides is 3. The predicted molar refractivity (Wildman–Crippen MR) is 127 cm³/mol. The Hall–Kier alpha value is -2.93. The Bertz CT molecular complexity index is 714. The number of rotatable bonds is 16. The monoisotopic (exact) mass is 487 g/mol.